The summed E-state index contributed by atoms with van der Waals surface area (Å²) >= 11 is 1.58. The van der Waals surface area contributed by atoms with Crippen LogP contribution in [0.1, 0.15) is 23.0 Å². The summed E-state index contributed by atoms with van der Waals surface area (Å²) in [5, 5.41) is 6.12. The molecule has 0 bridgehead atoms. The molecule has 10 heteroatoms. The van der Waals surface area contributed by atoms with Gasteiger partial charge >= 0.3 is 0 Å². The lowest BCUT2D eigenvalue weighted by Crippen LogP contribution is -2.28. The van der Waals surface area contributed by atoms with Gasteiger partial charge in [-0.2, -0.15) is 0 Å². The Morgan fingerprint density at radius 3 is 2.79 bits per heavy atom. The molecule has 1 aliphatic rings. The van der Waals surface area contributed by atoms with Crippen molar-refractivity contribution in [3.63, 3.8) is 0 Å². The van der Waals surface area contributed by atoms with Crippen LogP contribution in [0.25, 0.3) is 10.2 Å². The molecule has 5 rings (SSSR count). The van der Waals surface area contributed by atoms with Crippen LogP contribution < -0.4 is 19.3 Å². The molecule has 2 aromatic heterocycles. The van der Waals surface area contributed by atoms with Gasteiger partial charge in [-0.3, -0.25) is 4.98 Å². The van der Waals surface area contributed by atoms with Gasteiger partial charge in [-0.05, 0) is 36.4 Å². The second-order valence-corrected chi connectivity index (χ2v) is 10.2. The highest BCUT2D eigenvalue weighted by Crippen LogP contribution is 2.42. The number of benzene rings is 2. The second kappa shape index (κ2) is 8.62. The molecule has 0 aliphatic carbocycles. The van der Waals surface area contributed by atoms with Gasteiger partial charge in [0.1, 0.15) is 16.9 Å². The largest absolute Gasteiger partial charge is 0.495 e. The molecule has 0 fully saturated rings. The average Bonchev–Trinajstić information content (AvgIpc) is 3.11. The van der Waals surface area contributed by atoms with E-state index in [4.69, 9.17) is 24.3 Å². The number of hydrogen-bond donors (Lipinski definition) is 1. The van der Waals surface area contributed by atoms with Crippen LogP contribution in [0.5, 0.6) is 17.2 Å². The highest BCUT2D eigenvalue weighted by atomic mass is 32.2. The van der Waals surface area contributed by atoms with Gasteiger partial charge < -0.3 is 14.2 Å². The van der Waals surface area contributed by atoms with Gasteiger partial charge in [0, 0.05) is 18.7 Å². The van der Waals surface area contributed by atoms with E-state index in [1.807, 2.05) is 36.4 Å². The molecule has 8 nitrogen and oxygen atoms in total. The third kappa shape index (κ3) is 4.24. The van der Waals surface area contributed by atoms with E-state index < -0.39 is 10.0 Å². The van der Waals surface area contributed by atoms with Crippen LogP contribution in [-0.4, -0.2) is 38.2 Å². The lowest BCUT2D eigenvalue weighted by Gasteiger charge is -2.25. The fourth-order valence-electron chi connectivity index (χ4n) is 3.90. The number of methoxy groups -OCH3 is 1. The summed E-state index contributed by atoms with van der Waals surface area (Å²) in [4.78, 5) is 9.48. The van der Waals surface area contributed by atoms with Crippen LogP contribution in [0.3, 0.4) is 0 Å². The van der Waals surface area contributed by atoms with Crippen molar-refractivity contribution in [2.75, 3.05) is 13.7 Å². The van der Waals surface area contributed by atoms with Crippen LogP contribution in [0.15, 0.2) is 65.7 Å². The fraction of sp³-hybridized carbons (Fsp3) is 0.217. The van der Waals surface area contributed by atoms with Crippen molar-refractivity contribution in [1.82, 2.24) is 9.97 Å². The zero-order valence-electron chi connectivity index (χ0n) is 17.7. The molecule has 33 heavy (non-hydrogen) atoms. The first-order valence-electron chi connectivity index (χ1n) is 10.2. The quantitative estimate of drug-likeness (QED) is 0.460. The number of thiazole rings is 1. The molecule has 0 amide bonds. The maximum atomic E-state index is 11.8. The number of nitrogens with zero attached hydrogens (tertiary/aromatic N) is 2. The summed E-state index contributed by atoms with van der Waals surface area (Å²) in [6.45, 7) is 0.322. The third-order valence-corrected chi connectivity index (χ3v) is 7.47. The molecular formula is C23H21N3O5S2. The zero-order valence-corrected chi connectivity index (χ0v) is 19.3. The van der Waals surface area contributed by atoms with Gasteiger partial charge in [-0.25, -0.2) is 18.5 Å². The number of nitrogens with two attached hydrogens (primary N) is 1. The molecular weight excluding hydrogens is 462 g/mol. The topological polar surface area (TPSA) is 114 Å². The lowest BCUT2D eigenvalue weighted by atomic mass is 9.95. The van der Waals surface area contributed by atoms with Crippen molar-refractivity contribution in [2.45, 2.75) is 23.3 Å². The Hall–Kier alpha value is -3.21. The molecule has 2 aromatic carbocycles. The fourth-order valence-corrected chi connectivity index (χ4v) is 5.55. The Kier molecular flexibility index (Phi) is 5.65. The monoisotopic (exact) mass is 483 g/mol. The number of fused-ring (bicyclic) bond motifs is 2. The maximum absolute atomic E-state index is 11.8. The maximum Gasteiger partial charge on any atom is 0.238 e. The summed E-state index contributed by atoms with van der Waals surface area (Å²) in [7, 11) is -2.25. The highest BCUT2D eigenvalue weighted by molar-refractivity contribution is 7.89. The number of aromatic nitrogens is 2. The van der Waals surface area contributed by atoms with E-state index in [0.717, 1.165) is 15.2 Å². The molecule has 0 radical (unpaired) electrons. The van der Waals surface area contributed by atoms with Gasteiger partial charge in [-0.15, -0.1) is 11.3 Å². The minimum absolute atomic E-state index is 0.0302. The highest BCUT2D eigenvalue weighted by Gasteiger charge is 2.35. The number of ether oxygens (including phenoxy) is 3. The van der Waals surface area contributed by atoms with Gasteiger partial charge in [0.05, 0.1) is 40.4 Å². The SMILES string of the molecule is COc1cccnc1[C@@H](c1nc2ccccc2s1)C1CCOc2cc(S(N)(=O)=O)ccc2O1. The summed E-state index contributed by atoms with van der Waals surface area (Å²) in [5.41, 5.74) is 1.62. The first kappa shape index (κ1) is 21.6. The van der Waals surface area contributed by atoms with E-state index in [0.29, 0.717) is 36.0 Å². The molecule has 2 N–H and O–H groups in total. The van der Waals surface area contributed by atoms with E-state index in [2.05, 4.69) is 4.98 Å². The van der Waals surface area contributed by atoms with Crippen molar-refractivity contribution in [2.24, 2.45) is 5.14 Å². The molecule has 3 heterocycles. The Morgan fingerprint density at radius 2 is 2.00 bits per heavy atom. The first-order chi connectivity index (χ1) is 15.9. The predicted molar refractivity (Wildman–Crippen MR) is 125 cm³/mol. The molecule has 0 saturated carbocycles. The van der Waals surface area contributed by atoms with Crippen LogP contribution in [0.4, 0.5) is 0 Å². The Morgan fingerprint density at radius 1 is 1.15 bits per heavy atom. The van der Waals surface area contributed by atoms with Crippen molar-refractivity contribution >= 4 is 31.6 Å². The van der Waals surface area contributed by atoms with Crippen molar-refractivity contribution < 1.29 is 22.6 Å². The van der Waals surface area contributed by atoms with Crippen LogP contribution in [0, 0.1) is 0 Å². The molecule has 2 atom stereocenters. The average molecular weight is 484 g/mol. The van der Waals surface area contributed by atoms with E-state index >= 15 is 0 Å². The molecule has 0 spiro atoms. The lowest BCUT2D eigenvalue weighted by molar-refractivity contribution is 0.170. The second-order valence-electron chi connectivity index (χ2n) is 7.54. The smallest absolute Gasteiger partial charge is 0.238 e. The predicted octanol–water partition coefficient (Wildman–Crippen LogP) is 3.71. The number of rotatable bonds is 5. The van der Waals surface area contributed by atoms with Crippen molar-refractivity contribution in [1.29, 1.82) is 0 Å². The summed E-state index contributed by atoms with van der Waals surface area (Å²) in [5.74, 6) is 1.08. The van der Waals surface area contributed by atoms with Gasteiger partial charge in [0.15, 0.2) is 11.5 Å². The molecule has 0 saturated heterocycles. The minimum Gasteiger partial charge on any atom is -0.495 e. The number of sulfonamides is 1. The third-order valence-electron chi connectivity index (χ3n) is 5.44. The Labute approximate surface area is 195 Å². The number of pyridine rings is 1. The summed E-state index contributed by atoms with van der Waals surface area (Å²) in [6.07, 6.45) is 1.87. The van der Waals surface area contributed by atoms with E-state index in [1.54, 1.807) is 30.7 Å². The van der Waals surface area contributed by atoms with Crippen molar-refractivity contribution in [3.8, 4) is 17.2 Å². The molecule has 4 aromatic rings. The normalized spacial score (nSPS) is 16.8. The standard InChI is InChI=1S/C23H21N3O5S2/c1-29-18-6-4-11-25-22(18)21(23-26-15-5-2-3-7-20(15)32-23)17-10-12-30-19-13-14(33(24,27)28)8-9-16(19)31-17/h2-9,11,13,17,21H,10,12H2,1H3,(H2,24,27,28)/t17?,21-/m0/s1. The minimum atomic E-state index is -3.86. The summed E-state index contributed by atoms with van der Waals surface area (Å²) in [6, 6.07) is 16.0. The molecule has 1 unspecified atom stereocenters. The number of para-hydroxylation sites is 1. The van der Waals surface area contributed by atoms with Crippen LogP contribution in [-0.2, 0) is 10.0 Å². The van der Waals surface area contributed by atoms with Crippen LogP contribution >= 0.6 is 11.3 Å². The van der Waals surface area contributed by atoms with Crippen LogP contribution in [0.2, 0.25) is 0 Å². The Bertz CT molecular complexity index is 1390. The zero-order chi connectivity index (χ0) is 23.0. The van der Waals surface area contributed by atoms with E-state index in [1.165, 1.54) is 12.1 Å². The van der Waals surface area contributed by atoms with Gasteiger partial charge in [0.25, 0.3) is 0 Å². The van der Waals surface area contributed by atoms with Gasteiger partial charge in [0.2, 0.25) is 10.0 Å². The molecule has 1 aliphatic heterocycles. The van der Waals surface area contributed by atoms with E-state index in [9.17, 15) is 8.42 Å². The molecule has 170 valence electrons. The van der Waals surface area contributed by atoms with Gasteiger partial charge in [-0.1, -0.05) is 12.1 Å². The van der Waals surface area contributed by atoms with Crippen molar-refractivity contribution in [3.05, 3.63) is 71.5 Å². The number of hydrogen-bond acceptors (Lipinski definition) is 8. The van der Waals surface area contributed by atoms with E-state index in [-0.39, 0.29) is 16.9 Å². The number of primary sulfonamides is 1. The summed E-state index contributed by atoms with van der Waals surface area (Å²) < 4.78 is 42.4. The first-order valence-corrected chi connectivity index (χ1v) is 12.6. The Balaban J connectivity index is 1.61.